The minimum Gasteiger partial charge on any atom is -0.410 e. The smallest absolute Gasteiger partial charge is 0.191 e. The van der Waals surface area contributed by atoms with E-state index in [9.17, 15) is 0 Å². The van der Waals surface area contributed by atoms with Crippen molar-refractivity contribution in [3.63, 3.8) is 0 Å². The zero-order valence-corrected chi connectivity index (χ0v) is 15.3. The molecule has 117 valence electrons. The Balaban J connectivity index is 2.06. The van der Waals surface area contributed by atoms with Crippen molar-refractivity contribution in [2.75, 3.05) is 7.11 Å². The van der Waals surface area contributed by atoms with Gasteiger partial charge in [0, 0.05) is 7.11 Å². The molecule has 2 nitrogen and oxygen atoms in total. The Hall–Kier alpha value is -0.383. The highest BCUT2D eigenvalue weighted by molar-refractivity contribution is 6.72. The molecule has 0 amide bonds. The van der Waals surface area contributed by atoms with Gasteiger partial charge in [0.1, 0.15) is 0 Å². The Morgan fingerprint density at radius 2 is 2.00 bits per heavy atom. The molecular weight excluding hydrogens is 276 g/mol. The molecule has 0 aromatic rings. The Morgan fingerprint density at radius 3 is 2.67 bits per heavy atom. The van der Waals surface area contributed by atoms with Crippen molar-refractivity contribution in [2.24, 2.45) is 10.8 Å². The molecule has 3 rings (SSSR count). The second-order valence-electron chi connectivity index (χ2n) is 8.52. The first kappa shape index (κ1) is 15.5. The van der Waals surface area contributed by atoms with Crippen LogP contribution in [0.15, 0.2) is 23.3 Å². The summed E-state index contributed by atoms with van der Waals surface area (Å²) in [6, 6.07) is 1.17. The quantitative estimate of drug-likeness (QED) is 0.524. The maximum atomic E-state index is 6.44. The Bertz CT molecular complexity index is 503. The first-order chi connectivity index (χ1) is 9.66. The molecule has 1 heterocycles. The van der Waals surface area contributed by atoms with Crippen molar-refractivity contribution in [1.29, 1.82) is 0 Å². The fourth-order valence-electron chi connectivity index (χ4n) is 4.26. The van der Waals surface area contributed by atoms with Crippen LogP contribution in [-0.4, -0.2) is 27.6 Å². The van der Waals surface area contributed by atoms with Gasteiger partial charge in [0.25, 0.3) is 0 Å². The molecule has 1 fully saturated rings. The summed E-state index contributed by atoms with van der Waals surface area (Å²) in [4.78, 5) is 0. The summed E-state index contributed by atoms with van der Waals surface area (Å²) in [6.07, 6.45) is 9.81. The molecule has 21 heavy (non-hydrogen) atoms. The maximum absolute atomic E-state index is 6.44. The maximum Gasteiger partial charge on any atom is 0.191 e. The Morgan fingerprint density at radius 1 is 1.29 bits per heavy atom. The van der Waals surface area contributed by atoms with Gasteiger partial charge < -0.3 is 9.16 Å². The van der Waals surface area contributed by atoms with E-state index in [4.69, 9.17) is 9.16 Å². The lowest BCUT2D eigenvalue weighted by atomic mass is 9.70. The molecule has 3 heteroatoms. The van der Waals surface area contributed by atoms with Gasteiger partial charge in [-0.2, -0.15) is 0 Å². The number of rotatable bonds is 1. The Kier molecular flexibility index (Phi) is 3.55. The first-order valence-corrected chi connectivity index (χ1v) is 11.3. The van der Waals surface area contributed by atoms with Crippen LogP contribution in [0, 0.1) is 17.3 Å². The average Bonchev–Trinajstić information content (AvgIpc) is 2.77. The van der Waals surface area contributed by atoms with E-state index < -0.39 is 8.32 Å². The van der Waals surface area contributed by atoms with Gasteiger partial charge in [-0.15, -0.1) is 0 Å². The minimum absolute atomic E-state index is 0.109. The van der Waals surface area contributed by atoms with E-state index in [0.29, 0.717) is 6.10 Å². The molecule has 0 spiro atoms. The van der Waals surface area contributed by atoms with E-state index in [0.717, 1.165) is 12.8 Å². The van der Waals surface area contributed by atoms with Gasteiger partial charge in [-0.3, -0.25) is 0 Å². The van der Waals surface area contributed by atoms with Crippen molar-refractivity contribution in [1.82, 2.24) is 0 Å². The van der Waals surface area contributed by atoms with E-state index in [-0.39, 0.29) is 16.9 Å². The molecule has 0 bridgehead atoms. The molecule has 0 unspecified atom stereocenters. The van der Waals surface area contributed by atoms with Crippen LogP contribution in [0.5, 0.6) is 0 Å². The Labute approximate surface area is 130 Å². The summed E-state index contributed by atoms with van der Waals surface area (Å²) in [7, 11) is 0.340. The summed E-state index contributed by atoms with van der Waals surface area (Å²) in [5, 5.41) is 0. The molecular formula is C18H29O2Si. The van der Waals surface area contributed by atoms with Crippen molar-refractivity contribution in [3.05, 3.63) is 29.7 Å². The van der Waals surface area contributed by atoms with Crippen LogP contribution in [0.2, 0.25) is 19.1 Å². The second-order valence-corrected chi connectivity index (χ2v) is 12.6. The minimum atomic E-state index is -1.50. The second kappa shape index (κ2) is 4.80. The van der Waals surface area contributed by atoms with E-state index in [2.05, 4.69) is 52.4 Å². The molecule has 1 saturated heterocycles. The number of methoxy groups -OCH3 is 1. The van der Waals surface area contributed by atoms with Gasteiger partial charge in [-0.05, 0) is 60.4 Å². The molecule has 0 aromatic heterocycles. The zero-order valence-electron chi connectivity index (χ0n) is 14.3. The average molecular weight is 306 g/mol. The predicted octanol–water partition coefficient (Wildman–Crippen LogP) is 4.50. The molecule has 3 aliphatic rings. The van der Waals surface area contributed by atoms with Crippen LogP contribution >= 0.6 is 0 Å². The van der Waals surface area contributed by atoms with E-state index in [1.165, 1.54) is 11.6 Å². The molecule has 2 aliphatic carbocycles. The highest BCUT2D eigenvalue weighted by atomic mass is 28.4. The van der Waals surface area contributed by atoms with Crippen LogP contribution in [0.4, 0.5) is 0 Å². The van der Waals surface area contributed by atoms with Crippen LogP contribution < -0.4 is 0 Å². The van der Waals surface area contributed by atoms with Crippen molar-refractivity contribution < 1.29 is 9.16 Å². The number of fused-ring (bicyclic) bond motifs is 2. The molecule has 1 radical (unpaired) electrons. The summed E-state index contributed by atoms with van der Waals surface area (Å²) in [5.74, 6) is 0. The third-order valence-electron chi connectivity index (χ3n) is 5.38. The van der Waals surface area contributed by atoms with Crippen LogP contribution in [-0.2, 0) is 9.16 Å². The molecule has 0 aromatic carbocycles. The van der Waals surface area contributed by atoms with E-state index in [1.807, 2.05) is 7.11 Å². The van der Waals surface area contributed by atoms with Gasteiger partial charge in [0.2, 0.25) is 0 Å². The summed E-state index contributed by atoms with van der Waals surface area (Å²) in [5.41, 5.74) is 3.40. The third kappa shape index (κ3) is 2.69. The fraction of sp³-hybridized carbons (Fsp3) is 0.722. The van der Waals surface area contributed by atoms with Gasteiger partial charge in [0.05, 0.1) is 12.2 Å². The highest BCUT2D eigenvalue weighted by Crippen LogP contribution is 2.56. The van der Waals surface area contributed by atoms with E-state index >= 15 is 0 Å². The topological polar surface area (TPSA) is 18.5 Å². The van der Waals surface area contributed by atoms with E-state index in [1.54, 1.807) is 5.57 Å². The van der Waals surface area contributed by atoms with Gasteiger partial charge >= 0.3 is 0 Å². The van der Waals surface area contributed by atoms with Gasteiger partial charge in [-0.1, -0.05) is 32.9 Å². The predicted molar refractivity (Wildman–Crippen MR) is 89.5 cm³/mol. The fourth-order valence-corrected chi connectivity index (χ4v) is 6.68. The molecule has 0 saturated carbocycles. The SMILES string of the molecule is CO[C@@H]1/C=C/C(C)(C)C[CH][C@@]2(C)C[C@H]3O[Si](C)(C)CC3=C12. The lowest BCUT2D eigenvalue weighted by Gasteiger charge is -2.37. The standard InChI is InChI=1S/C18H29O2Si/c1-17(2)8-7-14(19-4)16-13-12-21(5,6)20-15(13)11-18(16,3)10-9-17/h7-8,10,14-15H,9,11-12H2,1-6H3/b8-7+/t14-,15-,18+/m1/s1. The summed E-state index contributed by atoms with van der Waals surface area (Å²) < 4.78 is 12.3. The van der Waals surface area contributed by atoms with Crippen LogP contribution in [0.1, 0.15) is 33.6 Å². The molecule has 0 N–H and O–H groups in total. The highest BCUT2D eigenvalue weighted by Gasteiger charge is 2.52. The van der Waals surface area contributed by atoms with Crippen LogP contribution in [0.25, 0.3) is 0 Å². The number of allylic oxidation sites excluding steroid dienone is 1. The number of ether oxygens (including phenoxy) is 1. The summed E-state index contributed by atoms with van der Waals surface area (Å²) >= 11 is 0. The van der Waals surface area contributed by atoms with Gasteiger partial charge in [0.15, 0.2) is 8.32 Å². The number of hydrogen-bond donors (Lipinski definition) is 0. The monoisotopic (exact) mass is 305 g/mol. The summed E-state index contributed by atoms with van der Waals surface area (Å²) in [6.45, 7) is 11.7. The number of hydrogen-bond acceptors (Lipinski definition) is 2. The van der Waals surface area contributed by atoms with Crippen molar-refractivity contribution in [2.45, 2.75) is 65.0 Å². The van der Waals surface area contributed by atoms with Crippen LogP contribution in [0.3, 0.4) is 0 Å². The third-order valence-corrected chi connectivity index (χ3v) is 7.53. The molecule has 1 aliphatic heterocycles. The van der Waals surface area contributed by atoms with Gasteiger partial charge in [-0.25, -0.2) is 0 Å². The molecule has 3 atom stereocenters. The normalized spacial score (nSPS) is 42.2. The lowest BCUT2D eigenvalue weighted by molar-refractivity contribution is 0.142. The van der Waals surface area contributed by atoms with Crippen molar-refractivity contribution in [3.8, 4) is 0 Å². The zero-order chi connectivity index (χ0) is 15.5. The lowest BCUT2D eigenvalue weighted by Crippen LogP contribution is -2.33. The van der Waals surface area contributed by atoms with Crippen molar-refractivity contribution >= 4 is 8.32 Å². The largest absolute Gasteiger partial charge is 0.410 e. The first-order valence-electron chi connectivity index (χ1n) is 8.14.